The predicted octanol–water partition coefficient (Wildman–Crippen LogP) is -2.69. The van der Waals surface area contributed by atoms with E-state index >= 15 is 0 Å². The molecule has 8 heteroatoms. The molecule has 1 fully saturated rings. The molecular weight excluding hydrogens is 248 g/mol. The Morgan fingerprint density at radius 3 is 2.29 bits per heavy atom. The Morgan fingerprint density at radius 2 is 1.88 bits per heavy atom. The third kappa shape index (κ3) is 4.23. The van der Waals surface area contributed by atoms with Gasteiger partial charge >= 0.3 is 0 Å². The molecule has 0 aromatic carbocycles. The van der Waals surface area contributed by atoms with Gasteiger partial charge in [0.2, 0.25) is 5.91 Å². The molecule has 0 bridgehead atoms. The maximum absolute atomic E-state index is 11.7. The van der Waals surface area contributed by atoms with Crippen molar-refractivity contribution in [1.82, 2.24) is 4.90 Å². The molecule has 0 aliphatic carbocycles. The molecule has 1 aliphatic heterocycles. The highest BCUT2D eigenvalue weighted by Crippen LogP contribution is 2.11. The van der Waals surface area contributed by atoms with E-state index in [1.165, 1.54) is 4.90 Å². The topological polar surface area (TPSA) is 121 Å². The van der Waals surface area contributed by atoms with Crippen LogP contribution in [-0.2, 0) is 14.6 Å². The molecule has 0 saturated carbocycles. The van der Waals surface area contributed by atoms with E-state index < -0.39 is 34.0 Å². The number of nitrogens with two attached hydrogens (primary N) is 1. The molecule has 0 aromatic heterocycles. The number of β-amino-alcohol motifs (C(OH)–C–C–N with tert-alkyl or cyclic N) is 2. The fourth-order valence-electron chi connectivity index (χ4n) is 1.65. The number of nitrogens with zero attached hydrogens (tertiary/aromatic N) is 1. The highest BCUT2D eigenvalue weighted by atomic mass is 32.2. The number of hydrogen-bond acceptors (Lipinski definition) is 6. The molecule has 17 heavy (non-hydrogen) atoms. The first-order chi connectivity index (χ1) is 7.70. The Hall–Kier alpha value is -0.700. The van der Waals surface area contributed by atoms with Crippen molar-refractivity contribution in [3.05, 3.63) is 0 Å². The fourth-order valence-corrected chi connectivity index (χ4v) is 2.33. The van der Waals surface area contributed by atoms with Crippen molar-refractivity contribution < 1.29 is 23.4 Å². The molecule has 0 radical (unpaired) electrons. The van der Waals surface area contributed by atoms with E-state index in [1.807, 2.05) is 0 Å². The van der Waals surface area contributed by atoms with Crippen LogP contribution in [0.3, 0.4) is 0 Å². The Morgan fingerprint density at radius 1 is 1.41 bits per heavy atom. The molecule has 1 amide bonds. The van der Waals surface area contributed by atoms with Gasteiger partial charge in [-0.05, 0) is 6.42 Å². The zero-order chi connectivity index (χ0) is 13.2. The van der Waals surface area contributed by atoms with Crippen LogP contribution < -0.4 is 5.73 Å². The summed E-state index contributed by atoms with van der Waals surface area (Å²) in [7, 11) is -3.15. The van der Waals surface area contributed by atoms with E-state index in [0.29, 0.717) is 0 Å². The highest BCUT2D eigenvalue weighted by Gasteiger charge is 2.34. The van der Waals surface area contributed by atoms with Crippen molar-refractivity contribution >= 4 is 15.7 Å². The Balaban J connectivity index is 2.48. The van der Waals surface area contributed by atoms with Crippen molar-refractivity contribution in [3.8, 4) is 0 Å². The van der Waals surface area contributed by atoms with Crippen molar-refractivity contribution in [3.63, 3.8) is 0 Å². The largest absolute Gasteiger partial charge is 0.388 e. The summed E-state index contributed by atoms with van der Waals surface area (Å²) in [5.41, 5.74) is 5.58. The van der Waals surface area contributed by atoms with Crippen LogP contribution in [0.25, 0.3) is 0 Å². The molecule has 1 saturated heterocycles. The smallest absolute Gasteiger partial charge is 0.239 e. The third-order valence-electron chi connectivity index (χ3n) is 2.69. The number of aliphatic hydroxyl groups is 2. The summed E-state index contributed by atoms with van der Waals surface area (Å²) in [6.07, 6.45) is -0.796. The van der Waals surface area contributed by atoms with Crippen molar-refractivity contribution in [1.29, 1.82) is 0 Å². The van der Waals surface area contributed by atoms with Gasteiger partial charge in [-0.3, -0.25) is 4.79 Å². The van der Waals surface area contributed by atoms with Crippen molar-refractivity contribution in [2.75, 3.05) is 25.1 Å². The number of carbonyl (C=O) groups excluding carboxylic acids is 1. The normalized spacial score (nSPS) is 27.2. The molecule has 3 atom stereocenters. The SMILES string of the molecule is CS(=O)(=O)CCC(N)C(=O)N1C[C@@H](O)[C@@H](O)C1. The average molecular weight is 266 g/mol. The van der Waals surface area contributed by atoms with E-state index in [4.69, 9.17) is 5.73 Å². The van der Waals surface area contributed by atoms with Crippen molar-refractivity contribution in [2.24, 2.45) is 5.73 Å². The van der Waals surface area contributed by atoms with Crippen LogP contribution in [0, 0.1) is 0 Å². The summed E-state index contributed by atoms with van der Waals surface area (Å²) < 4.78 is 21.8. The van der Waals surface area contributed by atoms with Gasteiger partial charge in [0.1, 0.15) is 9.84 Å². The second-order valence-corrected chi connectivity index (χ2v) is 6.66. The van der Waals surface area contributed by atoms with Crippen LogP contribution in [0.15, 0.2) is 0 Å². The summed E-state index contributed by atoms with van der Waals surface area (Å²) in [6.45, 7) is 0.0686. The average Bonchev–Trinajstić information content (AvgIpc) is 2.53. The molecule has 1 unspecified atom stereocenters. The van der Waals surface area contributed by atoms with Crippen LogP contribution in [0.1, 0.15) is 6.42 Å². The number of carbonyl (C=O) groups is 1. The first kappa shape index (κ1) is 14.4. The first-order valence-corrected chi connectivity index (χ1v) is 7.35. The van der Waals surface area contributed by atoms with Crippen molar-refractivity contribution in [2.45, 2.75) is 24.7 Å². The highest BCUT2D eigenvalue weighted by molar-refractivity contribution is 7.90. The van der Waals surface area contributed by atoms with Gasteiger partial charge in [-0.15, -0.1) is 0 Å². The molecule has 4 N–H and O–H groups in total. The second-order valence-electron chi connectivity index (χ2n) is 4.40. The number of likely N-dealkylation sites (tertiary alicyclic amines) is 1. The summed E-state index contributed by atoms with van der Waals surface area (Å²) in [5.74, 6) is -0.594. The Labute approximate surface area is 100 Å². The maximum Gasteiger partial charge on any atom is 0.239 e. The van der Waals surface area contributed by atoms with E-state index in [-0.39, 0.29) is 25.3 Å². The standard InChI is InChI=1S/C9H18N2O5S/c1-17(15,16)3-2-6(10)9(14)11-4-7(12)8(13)5-11/h6-8,12-13H,2-5,10H2,1H3/t6?,7-,8+. The molecule has 100 valence electrons. The van der Waals surface area contributed by atoms with Gasteiger partial charge in [0, 0.05) is 19.3 Å². The van der Waals surface area contributed by atoms with Crippen LogP contribution in [0.2, 0.25) is 0 Å². The van der Waals surface area contributed by atoms with Gasteiger partial charge in [-0.1, -0.05) is 0 Å². The number of rotatable bonds is 4. The molecule has 1 rings (SSSR count). The third-order valence-corrected chi connectivity index (χ3v) is 3.66. The Kier molecular flexibility index (Phi) is 4.48. The van der Waals surface area contributed by atoms with E-state index in [0.717, 1.165) is 6.26 Å². The summed E-state index contributed by atoms with van der Waals surface area (Å²) in [4.78, 5) is 13.0. The van der Waals surface area contributed by atoms with E-state index in [2.05, 4.69) is 0 Å². The van der Waals surface area contributed by atoms with E-state index in [1.54, 1.807) is 0 Å². The molecule has 0 aromatic rings. The second kappa shape index (κ2) is 5.30. The zero-order valence-electron chi connectivity index (χ0n) is 9.61. The summed E-state index contributed by atoms with van der Waals surface area (Å²) in [5, 5.41) is 18.6. The lowest BCUT2D eigenvalue weighted by Gasteiger charge is -2.19. The lowest BCUT2D eigenvalue weighted by atomic mass is 10.2. The predicted molar refractivity (Wildman–Crippen MR) is 60.9 cm³/mol. The quantitative estimate of drug-likeness (QED) is 0.509. The minimum absolute atomic E-state index is 0.0343. The van der Waals surface area contributed by atoms with Gasteiger partial charge in [-0.25, -0.2) is 8.42 Å². The summed E-state index contributed by atoms with van der Waals surface area (Å²) >= 11 is 0. The van der Waals surface area contributed by atoms with Gasteiger partial charge in [0.05, 0.1) is 24.0 Å². The molecule has 7 nitrogen and oxygen atoms in total. The lowest BCUT2D eigenvalue weighted by molar-refractivity contribution is -0.132. The monoisotopic (exact) mass is 266 g/mol. The lowest BCUT2D eigenvalue weighted by Crippen LogP contribution is -2.44. The van der Waals surface area contributed by atoms with Gasteiger partial charge in [-0.2, -0.15) is 0 Å². The maximum atomic E-state index is 11.7. The molecule has 0 spiro atoms. The minimum Gasteiger partial charge on any atom is -0.388 e. The number of sulfone groups is 1. The molecule has 1 aliphatic rings. The van der Waals surface area contributed by atoms with Gasteiger partial charge < -0.3 is 20.8 Å². The number of hydrogen-bond donors (Lipinski definition) is 3. The van der Waals surface area contributed by atoms with Gasteiger partial charge in [0.25, 0.3) is 0 Å². The minimum atomic E-state index is -3.15. The van der Waals surface area contributed by atoms with E-state index in [9.17, 15) is 23.4 Å². The van der Waals surface area contributed by atoms with Crippen LogP contribution in [0.5, 0.6) is 0 Å². The fraction of sp³-hybridized carbons (Fsp3) is 0.889. The van der Waals surface area contributed by atoms with Crippen LogP contribution in [-0.4, -0.2) is 72.8 Å². The number of amides is 1. The van der Waals surface area contributed by atoms with Crippen LogP contribution in [0.4, 0.5) is 0 Å². The number of aliphatic hydroxyl groups excluding tert-OH is 2. The summed E-state index contributed by atoms with van der Waals surface area (Å²) in [6, 6.07) is -0.915. The Bertz CT molecular complexity index is 373. The first-order valence-electron chi connectivity index (χ1n) is 5.29. The van der Waals surface area contributed by atoms with Gasteiger partial charge in [0.15, 0.2) is 0 Å². The molecular formula is C9H18N2O5S. The zero-order valence-corrected chi connectivity index (χ0v) is 10.4. The molecule has 1 heterocycles. The van der Waals surface area contributed by atoms with Crippen LogP contribution >= 0.6 is 0 Å².